The molecule has 2 aromatic rings. The van der Waals surface area contributed by atoms with Crippen LogP contribution >= 0.6 is 15.9 Å². The lowest BCUT2D eigenvalue weighted by Crippen LogP contribution is -2.28. The Kier molecular flexibility index (Phi) is 3.01. The van der Waals surface area contributed by atoms with Gasteiger partial charge in [-0.3, -0.25) is 0 Å². The smallest absolute Gasteiger partial charge is 0.374 e. The molecule has 0 bridgehead atoms. The van der Waals surface area contributed by atoms with E-state index in [0.29, 0.717) is 4.47 Å². The lowest BCUT2D eigenvalue weighted by atomic mass is 10.4. The molecule has 2 heterocycles. The molecule has 2 aromatic heterocycles. The number of nitrogens with zero attached hydrogens (tertiary/aromatic N) is 2. The van der Waals surface area contributed by atoms with Crippen LogP contribution in [0.2, 0.25) is 0 Å². The van der Waals surface area contributed by atoms with Gasteiger partial charge >= 0.3 is 15.6 Å². The highest BCUT2D eigenvalue weighted by Crippen LogP contribution is 2.30. The summed E-state index contributed by atoms with van der Waals surface area (Å²) in [7, 11) is -5.69. The summed E-state index contributed by atoms with van der Waals surface area (Å²) in [6, 6.07) is 2.42. The standard InChI is InChI=1S/C8H4BrF3N2O3S/c9-5-3-6-7(1-2-13-14(6)4-5)17-18(15,16)8(10,11)12/h1-4H. The molecule has 0 atom stereocenters. The van der Waals surface area contributed by atoms with E-state index in [4.69, 9.17) is 0 Å². The normalized spacial score (nSPS) is 12.9. The summed E-state index contributed by atoms with van der Waals surface area (Å²) in [5, 5.41) is 3.79. The minimum Gasteiger partial charge on any atom is -0.374 e. The molecule has 0 N–H and O–H groups in total. The van der Waals surface area contributed by atoms with Gasteiger partial charge in [0, 0.05) is 16.7 Å². The van der Waals surface area contributed by atoms with Crippen LogP contribution in [-0.4, -0.2) is 23.5 Å². The minimum absolute atomic E-state index is 0.0946. The maximum absolute atomic E-state index is 12.2. The Morgan fingerprint density at radius 3 is 2.67 bits per heavy atom. The van der Waals surface area contributed by atoms with E-state index in [2.05, 4.69) is 25.2 Å². The molecule has 0 fully saturated rings. The number of rotatable bonds is 2. The van der Waals surface area contributed by atoms with E-state index in [-0.39, 0.29) is 5.52 Å². The zero-order chi connectivity index (χ0) is 13.6. The fourth-order valence-electron chi connectivity index (χ4n) is 1.19. The molecule has 0 spiro atoms. The molecule has 18 heavy (non-hydrogen) atoms. The van der Waals surface area contributed by atoms with Gasteiger partial charge in [-0.2, -0.15) is 26.7 Å². The predicted molar refractivity (Wildman–Crippen MR) is 58.5 cm³/mol. The summed E-state index contributed by atoms with van der Waals surface area (Å²) in [6.07, 6.45) is 2.57. The average molecular weight is 345 g/mol. The third kappa shape index (κ3) is 2.29. The van der Waals surface area contributed by atoms with Crippen molar-refractivity contribution in [2.75, 3.05) is 0 Å². The molecule has 0 aliphatic rings. The first-order valence-corrected chi connectivity index (χ1v) is 6.54. The predicted octanol–water partition coefficient (Wildman–Crippen LogP) is 2.33. The van der Waals surface area contributed by atoms with Crippen molar-refractivity contribution in [1.29, 1.82) is 0 Å². The van der Waals surface area contributed by atoms with Crippen LogP contribution in [0.4, 0.5) is 13.2 Å². The number of halogens is 4. The fourth-order valence-corrected chi connectivity index (χ4v) is 2.08. The second-order valence-electron chi connectivity index (χ2n) is 3.17. The lowest BCUT2D eigenvalue weighted by Gasteiger charge is -2.09. The van der Waals surface area contributed by atoms with Crippen molar-refractivity contribution < 1.29 is 25.8 Å². The third-order valence-electron chi connectivity index (χ3n) is 1.92. The van der Waals surface area contributed by atoms with Crippen LogP contribution in [0.3, 0.4) is 0 Å². The Balaban J connectivity index is 2.51. The molecule has 0 aliphatic carbocycles. The highest BCUT2D eigenvalue weighted by atomic mass is 79.9. The van der Waals surface area contributed by atoms with E-state index in [1.165, 1.54) is 16.8 Å². The SMILES string of the molecule is O=S(=O)(Oc1ccnn2cc(Br)cc12)C(F)(F)F. The number of hydrogen-bond donors (Lipinski definition) is 0. The van der Waals surface area contributed by atoms with E-state index >= 15 is 0 Å². The summed E-state index contributed by atoms with van der Waals surface area (Å²) in [5.41, 5.74) is -5.38. The first-order chi connectivity index (χ1) is 8.21. The highest BCUT2D eigenvalue weighted by molar-refractivity contribution is 9.10. The lowest BCUT2D eigenvalue weighted by molar-refractivity contribution is -0.0499. The van der Waals surface area contributed by atoms with Crippen LogP contribution < -0.4 is 4.18 Å². The van der Waals surface area contributed by atoms with E-state index in [1.54, 1.807) is 0 Å². The molecule has 0 aromatic carbocycles. The van der Waals surface area contributed by atoms with E-state index in [1.807, 2.05) is 0 Å². The number of hydrogen-bond acceptors (Lipinski definition) is 4. The Morgan fingerprint density at radius 2 is 2.06 bits per heavy atom. The molecular formula is C8H4BrF3N2O3S. The summed E-state index contributed by atoms with van der Waals surface area (Å²) in [6.45, 7) is 0. The van der Waals surface area contributed by atoms with Gasteiger partial charge in [-0.1, -0.05) is 0 Å². The van der Waals surface area contributed by atoms with Gasteiger partial charge in [0.15, 0.2) is 5.75 Å². The van der Waals surface area contributed by atoms with Crippen molar-refractivity contribution in [2.45, 2.75) is 5.51 Å². The number of alkyl halides is 3. The molecular weight excluding hydrogens is 341 g/mol. The zero-order valence-electron chi connectivity index (χ0n) is 8.35. The molecule has 10 heteroatoms. The molecule has 0 saturated carbocycles. The average Bonchev–Trinajstić information content (AvgIpc) is 2.57. The van der Waals surface area contributed by atoms with Gasteiger partial charge in [-0.05, 0) is 22.0 Å². The maximum atomic E-state index is 12.2. The van der Waals surface area contributed by atoms with Crippen LogP contribution in [0.1, 0.15) is 0 Å². The fraction of sp³-hybridized carbons (Fsp3) is 0.125. The van der Waals surface area contributed by atoms with Crippen molar-refractivity contribution >= 4 is 31.6 Å². The first kappa shape index (κ1) is 13.1. The molecule has 0 unspecified atom stereocenters. The molecule has 0 radical (unpaired) electrons. The molecule has 0 amide bonds. The van der Waals surface area contributed by atoms with E-state index < -0.39 is 21.4 Å². The van der Waals surface area contributed by atoms with Crippen molar-refractivity contribution in [2.24, 2.45) is 0 Å². The van der Waals surface area contributed by atoms with Gasteiger partial charge in [-0.25, -0.2) is 4.52 Å². The Morgan fingerprint density at radius 1 is 1.39 bits per heavy atom. The molecule has 5 nitrogen and oxygen atoms in total. The number of fused-ring (bicyclic) bond motifs is 1. The summed E-state index contributed by atoms with van der Waals surface area (Å²) in [4.78, 5) is 0. The zero-order valence-corrected chi connectivity index (χ0v) is 10.8. The Hall–Kier alpha value is -1.29. The topological polar surface area (TPSA) is 60.7 Å². The molecule has 0 aliphatic heterocycles. The Bertz CT molecular complexity index is 695. The van der Waals surface area contributed by atoms with Gasteiger partial charge in [0.2, 0.25) is 0 Å². The number of aromatic nitrogens is 2. The van der Waals surface area contributed by atoms with Crippen LogP contribution in [0.15, 0.2) is 29.0 Å². The third-order valence-corrected chi connectivity index (χ3v) is 3.32. The van der Waals surface area contributed by atoms with E-state index in [9.17, 15) is 21.6 Å². The first-order valence-electron chi connectivity index (χ1n) is 4.34. The van der Waals surface area contributed by atoms with Gasteiger partial charge < -0.3 is 4.18 Å². The highest BCUT2D eigenvalue weighted by Gasteiger charge is 2.48. The van der Waals surface area contributed by atoms with E-state index in [0.717, 1.165) is 12.3 Å². The molecule has 2 rings (SSSR count). The van der Waals surface area contributed by atoms with Crippen molar-refractivity contribution in [3.05, 3.63) is 29.0 Å². The maximum Gasteiger partial charge on any atom is 0.534 e. The summed E-state index contributed by atoms with van der Waals surface area (Å²) in [5.74, 6) is -0.451. The van der Waals surface area contributed by atoms with Gasteiger partial charge in [0.1, 0.15) is 5.52 Å². The monoisotopic (exact) mass is 344 g/mol. The quantitative estimate of drug-likeness (QED) is 0.619. The second-order valence-corrected chi connectivity index (χ2v) is 5.62. The summed E-state index contributed by atoms with van der Waals surface area (Å²) < 4.78 is 64.1. The summed E-state index contributed by atoms with van der Waals surface area (Å²) >= 11 is 3.09. The molecule has 98 valence electrons. The van der Waals surface area contributed by atoms with Crippen molar-refractivity contribution in [3.8, 4) is 5.75 Å². The van der Waals surface area contributed by atoms with Gasteiger partial charge in [0.25, 0.3) is 0 Å². The Labute approximate surface area is 107 Å². The van der Waals surface area contributed by atoms with Crippen LogP contribution in [-0.2, 0) is 10.1 Å². The van der Waals surface area contributed by atoms with Crippen molar-refractivity contribution in [1.82, 2.24) is 9.61 Å². The van der Waals surface area contributed by atoms with Gasteiger partial charge in [-0.15, -0.1) is 0 Å². The second kappa shape index (κ2) is 4.12. The van der Waals surface area contributed by atoms with Crippen LogP contribution in [0, 0.1) is 0 Å². The van der Waals surface area contributed by atoms with Gasteiger partial charge in [0.05, 0.1) is 6.20 Å². The van der Waals surface area contributed by atoms with Crippen molar-refractivity contribution in [3.63, 3.8) is 0 Å². The largest absolute Gasteiger partial charge is 0.534 e. The van der Waals surface area contributed by atoms with Crippen LogP contribution in [0.25, 0.3) is 5.52 Å². The van der Waals surface area contributed by atoms with Crippen LogP contribution in [0.5, 0.6) is 5.75 Å². The minimum atomic E-state index is -5.69. The molecule has 0 saturated heterocycles.